The molecule has 1 aliphatic carbocycles. The summed E-state index contributed by atoms with van der Waals surface area (Å²) in [5.74, 6) is 0.962. The number of nitrogens with one attached hydrogen (secondary N) is 2. The highest BCUT2D eigenvalue weighted by molar-refractivity contribution is 9.10. The molecule has 0 aromatic heterocycles. The summed E-state index contributed by atoms with van der Waals surface area (Å²) < 4.78 is 1.18. The van der Waals surface area contributed by atoms with Gasteiger partial charge in [-0.3, -0.25) is 0 Å². The standard InChI is InChI=1S/C18H27BrN2/c1-15-3-2-4-18(13-15)21-11-9-20(10-12-21)14-16-5-7-17(19)8-6-16/h5-8,15,18H,2-4,9-14H2,1H3/p+2/t15-,18-/m1/s1. The molecule has 2 aliphatic rings. The van der Waals surface area contributed by atoms with Crippen molar-refractivity contribution < 1.29 is 9.80 Å². The molecule has 0 amide bonds. The highest BCUT2D eigenvalue weighted by Crippen LogP contribution is 2.21. The van der Waals surface area contributed by atoms with E-state index in [1.807, 2.05) is 4.90 Å². The maximum atomic E-state index is 3.52. The number of benzene rings is 1. The Morgan fingerprint density at radius 1 is 1.05 bits per heavy atom. The van der Waals surface area contributed by atoms with Gasteiger partial charge in [-0.1, -0.05) is 41.4 Å². The van der Waals surface area contributed by atoms with Crippen LogP contribution in [0.3, 0.4) is 0 Å². The summed E-state index contributed by atoms with van der Waals surface area (Å²) in [5.41, 5.74) is 1.47. The molecule has 2 atom stereocenters. The van der Waals surface area contributed by atoms with E-state index < -0.39 is 0 Å². The van der Waals surface area contributed by atoms with Crippen LogP contribution in [-0.4, -0.2) is 32.2 Å². The molecule has 21 heavy (non-hydrogen) atoms. The Bertz CT molecular complexity index is 437. The minimum atomic E-state index is 0.961. The molecule has 0 unspecified atom stereocenters. The van der Waals surface area contributed by atoms with Crippen LogP contribution in [-0.2, 0) is 6.54 Å². The predicted molar refractivity (Wildman–Crippen MR) is 90.7 cm³/mol. The first-order valence-electron chi connectivity index (χ1n) is 8.63. The van der Waals surface area contributed by atoms with Gasteiger partial charge in [0.1, 0.15) is 32.7 Å². The van der Waals surface area contributed by atoms with Gasteiger partial charge in [-0.05, 0) is 30.9 Å². The SMILES string of the molecule is C[C@@H]1CCC[C@@H]([NH+]2CC[NH+](Cc3ccc(Br)cc3)CC2)C1. The van der Waals surface area contributed by atoms with E-state index in [9.17, 15) is 0 Å². The molecule has 3 heteroatoms. The molecule has 1 aliphatic heterocycles. The number of hydrogen-bond acceptors (Lipinski definition) is 0. The van der Waals surface area contributed by atoms with Gasteiger partial charge in [0.2, 0.25) is 0 Å². The molecular weight excluding hydrogens is 324 g/mol. The molecule has 116 valence electrons. The maximum absolute atomic E-state index is 3.52. The molecule has 2 fully saturated rings. The Labute approximate surface area is 137 Å². The van der Waals surface area contributed by atoms with Crippen molar-refractivity contribution in [3.63, 3.8) is 0 Å². The maximum Gasteiger partial charge on any atom is 0.127 e. The Kier molecular flexibility index (Phi) is 5.36. The zero-order valence-corrected chi connectivity index (χ0v) is 14.8. The normalized spacial score (nSPS) is 33.8. The number of piperazine rings is 1. The Morgan fingerprint density at radius 2 is 1.76 bits per heavy atom. The first-order valence-corrected chi connectivity index (χ1v) is 9.42. The van der Waals surface area contributed by atoms with Crippen molar-refractivity contribution in [1.82, 2.24) is 0 Å². The highest BCUT2D eigenvalue weighted by Gasteiger charge is 2.32. The lowest BCUT2D eigenvalue weighted by molar-refractivity contribution is -1.03. The summed E-state index contributed by atoms with van der Waals surface area (Å²) in [7, 11) is 0. The number of hydrogen-bond donors (Lipinski definition) is 2. The van der Waals surface area contributed by atoms with Crippen LogP contribution in [0.5, 0.6) is 0 Å². The average molecular weight is 353 g/mol. The van der Waals surface area contributed by atoms with Crippen LogP contribution in [0.25, 0.3) is 0 Å². The van der Waals surface area contributed by atoms with Gasteiger partial charge < -0.3 is 9.80 Å². The third-order valence-electron chi connectivity index (χ3n) is 5.48. The first kappa shape index (κ1) is 15.5. The van der Waals surface area contributed by atoms with Gasteiger partial charge in [-0.15, -0.1) is 0 Å². The lowest BCUT2D eigenvalue weighted by Gasteiger charge is -2.37. The van der Waals surface area contributed by atoms with E-state index in [0.717, 1.165) is 12.0 Å². The molecule has 3 rings (SSSR count). The minimum absolute atomic E-state index is 0.961. The van der Waals surface area contributed by atoms with Crippen LogP contribution >= 0.6 is 15.9 Å². The summed E-state index contributed by atoms with van der Waals surface area (Å²) in [6, 6.07) is 9.82. The summed E-state index contributed by atoms with van der Waals surface area (Å²) in [6.07, 6.45) is 5.87. The molecule has 1 heterocycles. The van der Waals surface area contributed by atoms with Crippen molar-refractivity contribution >= 4 is 15.9 Å². The highest BCUT2D eigenvalue weighted by atomic mass is 79.9. The zero-order chi connectivity index (χ0) is 14.7. The zero-order valence-electron chi connectivity index (χ0n) is 13.2. The van der Waals surface area contributed by atoms with Gasteiger partial charge in [-0.2, -0.15) is 0 Å². The van der Waals surface area contributed by atoms with E-state index in [2.05, 4.69) is 47.1 Å². The van der Waals surface area contributed by atoms with Crippen molar-refractivity contribution in [2.75, 3.05) is 26.2 Å². The van der Waals surface area contributed by atoms with Gasteiger partial charge in [0.05, 0.1) is 6.04 Å². The largest absolute Gasteiger partial charge is 0.323 e. The summed E-state index contributed by atoms with van der Waals surface area (Å²) in [4.78, 5) is 3.67. The van der Waals surface area contributed by atoms with Crippen LogP contribution in [0.15, 0.2) is 28.7 Å². The molecule has 0 spiro atoms. The molecule has 0 bridgehead atoms. The van der Waals surface area contributed by atoms with Crippen molar-refractivity contribution in [3.8, 4) is 0 Å². The predicted octanol–water partition coefficient (Wildman–Crippen LogP) is 1.31. The Morgan fingerprint density at radius 3 is 2.43 bits per heavy atom. The van der Waals surface area contributed by atoms with Crippen molar-refractivity contribution in [3.05, 3.63) is 34.3 Å². The van der Waals surface area contributed by atoms with Crippen LogP contribution in [0.1, 0.15) is 38.2 Å². The monoisotopic (exact) mass is 352 g/mol. The van der Waals surface area contributed by atoms with Crippen molar-refractivity contribution in [1.29, 1.82) is 0 Å². The smallest absolute Gasteiger partial charge is 0.127 e. The summed E-state index contributed by atoms with van der Waals surface area (Å²) >= 11 is 3.52. The van der Waals surface area contributed by atoms with Crippen LogP contribution in [0.4, 0.5) is 0 Å². The molecule has 1 saturated carbocycles. The second-order valence-electron chi connectivity index (χ2n) is 7.18. The van der Waals surface area contributed by atoms with Crippen LogP contribution < -0.4 is 9.80 Å². The number of halogens is 1. The fraction of sp³-hybridized carbons (Fsp3) is 0.667. The quantitative estimate of drug-likeness (QED) is 0.811. The summed E-state index contributed by atoms with van der Waals surface area (Å²) in [6.45, 7) is 9.08. The average Bonchev–Trinajstić information content (AvgIpc) is 2.50. The second kappa shape index (κ2) is 7.26. The molecule has 1 saturated heterocycles. The molecule has 2 nitrogen and oxygen atoms in total. The van der Waals surface area contributed by atoms with Gasteiger partial charge in [-0.25, -0.2) is 0 Å². The Hall–Kier alpha value is -0.380. The van der Waals surface area contributed by atoms with Gasteiger partial charge in [0.25, 0.3) is 0 Å². The fourth-order valence-electron chi connectivity index (χ4n) is 4.21. The van der Waals surface area contributed by atoms with E-state index in [1.165, 1.54) is 68.4 Å². The fourth-order valence-corrected chi connectivity index (χ4v) is 4.47. The molecular formula is C18H29BrN2+2. The first-order chi connectivity index (χ1) is 10.2. The van der Waals surface area contributed by atoms with Crippen molar-refractivity contribution in [2.45, 2.75) is 45.2 Å². The van der Waals surface area contributed by atoms with E-state index >= 15 is 0 Å². The van der Waals surface area contributed by atoms with E-state index in [0.29, 0.717) is 0 Å². The number of quaternary nitrogens is 2. The van der Waals surface area contributed by atoms with E-state index in [4.69, 9.17) is 0 Å². The van der Waals surface area contributed by atoms with Gasteiger partial charge in [0, 0.05) is 16.5 Å². The minimum Gasteiger partial charge on any atom is -0.323 e. The van der Waals surface area contributed by atoms with E-state index in [1.54, 1.807) is 4.90 Å². The molecule has 0 radical (unpaired) electrons. The van der Waals surface area contributed by atoms with Crippen LogP contribution in [0.2, 0.25) is 0 Å². The molecule has 2 N–H and O–H groups in total. The second-order valence-corrected chi connectivity index (χ2v) is 8.10. The van der Waals surface area contributed by atoms with Crippen LogP contribution in [0, 0.1) is 5.92 Å². The Balaban J connectivity index is 1.47. The lowest BCUT2D eigenvalue weighted by atomic mass is 9.86. The van der Waals surface area contributed by atoms with Crippen molar-refractivity contribution in [2.24, 2.45) is 5.92 Å². The van der Waals surface area contributed by atoms with Gasteiger partial charge in [0.15, 0.2) is 0 Å². The molecule has 1 aromatic carbocycles. The summed E-state index contributed by atoms with van der Waals surface area (Å²) in [5, 5.41) is 0. The topological polar surface area (TPSA) is 8.88 Å². The third kappa shape index (κ3) is 4.30. The lowest BCUT2D eigenvalue weighted by Crippen LogP contribution is -3.29. The third-order valence-corrected chi connectivity index (χ3v) is 6.01. The van der Waals surface area contributed by atoms with Gasteiger partial charge >= 0.3 is 0 Å². The molecule has 1 aromatic rings. The van der Waals surface area contributed by atoms with E-state index in [-0.39, 0.29) is 0 Å². The number of rotatable bonds is 3.